The highest BCUT2D eigenvalue weighted by atomic mass is 16.5. The number of imidazole rings is 1. The van der Waals surface area contributed by atoms with Gasteiger partial charge in [0, 0.05) is 12.8 Å². The van der Waals surface area contributed by atoms with E-state index < -0.39 is 0 Å². The Morgan fingerprint density at radius 2 is 2.35 bits per heavy atom. The van der Waals surface area contributed by atoms with E-state index in [1.807, 2.05) is 28.8 Å². The zero-order valence-corrected chi connectivity index (χ0v) is 9.93. The number of ether oxygens (including phenoxy) is 2. The summed E-state index contributed by atoms with van der Waals surface area (Å²) >= 11 is 0. The van der Waals surface area contributed by atoms with Gasteiger partial charge in [-0.05, 0) is 31.4 Å². The van der Waals surface area contributed by atoms with Crippen LogP contribution in [-0.2, 0) is 4.74 Å². The predicted molar refractivity (Wildman–Crippen MR) is 64.3 cm³/mol. The van der Waals surface area contributed by atoms with Gasteiger partial charge >= 0.3 is 0 Å². The summed E-state index contributed by atoms with van der Waals surface area (Å²) in [5, 5.41) is 0. The maximum Gasteiger partial charge on any atom is 0.198 e. The van der Waals surface area contributed by atoms with Gasteiger partial charge in [0.25, 0.3) is 0 Å². The molecule has 4 nitrogen and oxygen atoms in total. The van der Waals surface area contributed by atoms with Gasteiger partial charge in [-0.15, -0.1) is 0 Å². The Morgan fingerprint density at radius 3 is 3.12 bits per heavy atom. The maximum absolute atomic E-state index is 5.75. The van der Waals surface area contributed by atoms with E-state index in [4.69, 9.17) is 9.47 Å². The van der Waals surface area contributed by atoms with Crippen LogP contribution in [0.15, 0.2) is 24.4 Å². The molecule has 0 N–H and O–H groups in total. The van der Waals surface area contributed by atoms with Gasteiger partial charge in [-0.1, -0.05) is 6.07 Å². The van der Waals surface area contributed by atoms with E-state index in [0.717, 1.165) is 36.7 Å². The van der Waals surface area contributed by atoms with Crippen molar-refractivity contribution in [2.45, 2.75) is 25.4 Å². The van der Waals surface area contributed by atoms with Crippen molar-refractivity contribution in [3.63, 3.8) is 0 Å². The summed E-state index contributed by atoms with van der Waals surface area (Å²) in [6, 6.07) is 5.86. The first kappa shape index (κ1) is 10.6. The molecule has 1 saturated heterocycles. The Balaban J connectivity index is 2.00. The summed E-state index contributed by atoms with van der Waals surface area (Å²) in [5.41, 5.74) is 1.92. The number of methoxy groups -OCH3 is 1. The molecule has 0 saturated carbocycles. The minimum Gasteiger partial charge on any atom is -0.482 e. The molecule has 0 amide bonds. The minimum atomic E-state index is 0.147. The highest BCUT2D eigenvalue weighted by Crippen LogP contribution is 2.28. The molecule has 0 aromatic carbocycles. The van der Waals surface area contributed by atoms with Crippen molar-refractivity contribution in [2.24, 2.45) is 0 Å². The average Bonchev–Trinajstić information content (AvgIpc) is 2.83. The number of pyridine rings is 1. The molecule has 1 unspecified atom stereocenters. The molecule has 0 radical (unpaired) electrons. The van der Waals surface area contributed by atoms with Crippen molar-refractivity contribution in [2.75, 3.05) is 13.7 Å². The summed E-state index contributed by atoms with van der Waals surface area (Å²) in [4.78, 5) is 4.60. The number of fused-ring (bicyclic) bond motifs is 1. The number of hydrogen-bond donors (Lipinski definition) is 0. The molecule has 1 fully saturated rings. The van der Waals surface area contributed by atoms with Crippen LogP contribution < -0.4 is 4.74 Å². The normalized spacial score (nSPS) is 20.6. The lowest BCUT2D eigenvalue weighted by atomic mass is 10.1. The first-order valence-corrected chi connectivity index (χ1v) is 6.02. The third-order valence-corrected chi connectivity index (χ3v) is 3.19. The molecule has 0 spiro atoms. The van der Waals surface area contributed by atoms with Crippen LogP contribution in [0.5, 0.6) is 5.88 Å². The Hall–Kier alpha value is -1.55. The summed E-state index contributed by atoms with van der Waals surface area (Å²) in [7, 11) is 1.67. The van der Waals surface area contributed by atoms with Gasteiger partial charge in [0.15, 0.2) is 5.88 Å². The summed E-state index contributed by atoms with van der Waals surface area (Å²) in [5.74, 6) is 0.803. The van der Waals surface area contributed by atoms with Gasteiger partial charge in [0.2, 0.25) is 0 Å². The maximum atomic E-state index is 5.75. The van der Waals surface area contributed by atoms with Gasteiger partial charge in [0.1, 0.15) is 11.8 Å². The Morgan fingerprint density at radius 1 is 1.41 bits per heavy atom. The summed E-state index contributed by atoms with van der Waals surface area (Å²) < 4.78 is 13.0. The molecule has 1 aliphatic heterocycles. The second-order valence-corrected chi connectivity index (χ2v) is 4.32. The van der Waals surface area contributed by atoms with Gasteiger partial charge in [0.05, 0.1) is 12.8 Å². The molecule has 1 aliphatic rings. The molecule has 1 atom stereocenters. The molecule has 17 heavy (non-hydrogen) atoms. The van der Waals surface area contributed by atoms with Crippen LogP contribution >= 0.6 is 0 Å². The molecule has 0 aliphatic carbocycles. The van der Waals surface area contributed by atoms with Gasteiger partial charge in [-0.3, -0.25) is 4.40 Å². The molecule has 0 bridgehead atoms. The van der Waals surface area contributed by atoms with E-state index in [9.17, 15) is 0 Å². The van der Waals surface area contributed by atoms with Crippen molar-refractivity contribution in [1.29, 1.82) is 0 Å². The minimum absolute atomic E-state index is 0.147. The monoisotopic (exact) mass is 232 g/mol. The average molecular weight is 232 g/mol. The molecule has 3 rings (SSSR count). The third-order valence-electron chi connectivity index (χ3n) is 3.19. The first-order chi connectivity index (χ1) is 8.38. The van der Waals surface area contributed by atoms with E-state index in [1.54, 1.807) is 7.11 Å². The zero-order chi connectivity index (χ0) is 11.7. The fourth-order valence-electron chi connectivity index (χ4n) is 2.30. The lowest BCUT2D eigenvalue weighted by molar-refractivity contribution is 0.0126. The second-order valence-electron chi connectivity index (χ2n) is 4.32. The molecule has 2 aromatic heterocycles. The smallest absolute Gasteiger partial charge is 0.198 e. The molecule has 4 heteroatoms. The van der Waals surface area contributed by atoms with Crippen LogP contribution in [-0.4, -0.2) is 23.1 Å². The van der Waals surface area contributed by atoms with Gasteiger partial charge in [-0.25, -0.2) is 4.98 Å². The summed E-state index contributed by atoms with van der Waals surface area (Å²) in [6.45, 7) is 0.843. The van der Waals surface area contributed by atoms with Gasteiger partial charge < -0.3 is 9.47 Å². The zero-order valence-electron chi connectivity index (χ0n) is 9.93. The fourth-order valence-corrected chi connectivity index (χ4v) is 2.30. The lowest BCUT2D eigenvalue weighted by Crippen LogP contribution is -2.11. The van der Waals surface area contributed by atoms with E-state index in [2.05, 4.69) is 4.98 Å². The predicted octanol–water partition coefficient (Wildman–Crippen LogP) is 2.58. The molecule has 2 aromatic rings. The largest absolute Gasteiger partial charge is 0.482 e. The van der Waals surface area contributed by atoms with Crippen LogP contribution in [0.4, 0.5) is 0 Å². The first-order valence-electron chi connectivity index (χ1n) is 6.02. The number of aromatic nitrogens is 2. The van der Waals surface area contributed by atoms with Crippen LogP contribution in [0.25, 0.3) is 5.65 Å². The third kappa shape index (κ3) is 1.89. The van der Waals surface area contributed by atoms with Crippen LogP contribution in [0.3, 0.4) is 0 Å². The van der Waals surface area contributed by atoms with Crippen molar-refractivity contribution in [3.8, 4) is 5.88 Å². The van der Waals surface area contributed by atoms with Crippen molar-refractivity contribution in [1.82, 2.24) is 9.38 Å². The number of hydrogen-bond acceptors (Lipinski definition) is 3. The van der Waals surface area contributed by atoms with E-state index in [1.165, 1.54) is 6.42 Å². The second kappa shape index (κ2) is 4.37. The van der Waals surface area contributed by atoms with Crippen molar-refractivity contribution >= 4 is 5.65 Å². The van der Waals surface area contributed by atoms with E-state index in [0.29, 0.717) is 0 Å². The van der Waals surface area contributed by atoms with Gasteiger partial charge in [-0.2, -0.15) is 0 Å². The Bertz CT molecular complexity index is 515. The van der Waals surface area contributed by atoms with Crippen LogP contribution in [0.1, 0.15) is 31.1 Å². The highest BCUT2D eigenvalue weighted by Gasteiger charge is 2.19. The van der Waals surface area contributed by atoms with E-state index in [-0.39, 0.29) is 6.10 Å². The summed E-state index contributed by atoms with van der Waals surface area (Å²) in [6.07, 6.45) is 5.60. The quantitative estimate of drug-likeness (QED) is 0.798. The Kier molecular flexibility index (Phi) is 2.73. The van der Waals surface area contributed by atoms with Crippen LogP contribution in [0, 0.1) is 0 Å². The lowest BCUT2D eigenvalue weighted by Gasteiger charge is -2.20. The highest BCUT2D eigenvalue weighted by molar-refractivity contribution is 5.44. The topological polar surface area (TPSA) is 35.8 Å². The molecular weight excluding hydrogens is 216 g/mol. The fraction of sp³-hybridized carbons (Fsp3) is 0.462. The molecule has 3 heterocycles. The van der Waals surface area contributed by atoms with Crippen molar-refractivity contribution in [3.05, 3.63) is 30.1 Å². The van der Waals surface area contributed by atoms with Crippen molar-refractivity contribution < 1.29 is 9.47 Å². The number of nitrogens with zero attached hydrogens (tertiary/aromatic N) is 2. The SMILES string of the molecule is COc1cccc2nc(C3CCCCO3)cn12. The molecule has 90 valence electrons. The number of rotatable bonds is 2. The Labute approximate surface area is 100 Å². The molecular formula is C13H16N2O2. The van der Waals surface area contributed by atoms with E-state index >= 15 is 0 Å². The standard InChI is InChI=1S/C13H16N2O2/c1-16-13-7-4-6-12-14-10(9-15(12)13)11-5-2-3-8-17-11/h4,6-7,9,11H,2-3,5,8H2,1H3. The van der Waals surface area contributed by atoms with Crippen LogP contribution in [0.2, 0.25) is 0 Å².